The maximum absolute atomic E-state index is 12.9. The molecule has 2 aromatic heterocycles. The zero-order valence-corrected chi connectivity index (χ0v) is 20.1. The first kappa shape index (κ1) is 25.2. The average molecular weight is 582 g/mol. The summed E-state index contributed by atoms with van der Waals surface area (Å²) in [6.45, 7) is 0. The van der Waals surface area contributed by atoms with Gasteiger partial charge in [0.2, 0.25) is 5.88 Å². The van der Waals surface area contributed by atoms with Gasteiger partial charge in [-0.15, -0.1) is 0 Å². The van der Waals surface area contributed by atoms with E-state index in [-0.39, 0.29) is 27.9 Å². The van der Waals surface area contributed by atoms with Crippen LogP contribution in [0.2, 0.25) is 5.02 Å². The molecule has 0 aliphatic rings. The summed E-state index contributed by atoms with van der Waals surface area (Å²) in [5, 5.41) is 13.4. The van der Waals surface area contributed by atoms with Crippen LogP contribution in [0.5, 0.6) is 11.6 Å². The standard InChI is InChI=1S/C23H13BrClF3N4O4/c24-17-5-4-15(32(34)35)11-16(17)21(33)30-14-3-6-20(19(10-14)31-7-1-2-8-31)36-22-18(25)9-13(12-29-22)23(26,27)28/h1-12H,(H,30,33). The molecule has 4 rings (SSSR count). The summed E-state index contributed by atoms with van der Waals surface area (Å²) < 4.78 is 46.5. The SMILES string of the molecule is O=C(Nc1ccc(Oc2ncc(C(F)(F)F)cc2Cl)c(-n2cccc2)c1)c1cc([N+](=O)[O-])ccc1Br. The molecule has 0 aliphatic heterocycles. The Morgan fingerprint density at radius 2 is 1.86 bits per heavy atom. The Balaban J connectivity index is 1.66. The number of ether oxygens (including phenoxy) is 1. The van der Waals surface area contributed by atoms with Gasteiger partial charge in [0.15, 0.2) is 5.75 Å². The summed E-state index contributed by atoms with van der Waals surface area (Å²) in [4.78, 5) is 27.0. The van der Waals surface area contributed by atoms with Crippen molar-refractivity contribution in [2.75, 3.05) is 5.32 Å². The van der Waals surface area contributed by atoms with Crippen LogP contribution in [0, 0.1) is 10.1 Å². The molecule has 8 nitrogen and oxygen atoms in total. The molecule has 36 heavy (non-hydrogen) atoms. The van der Waals surface area contributed by atoms with Gasteiger partial charge >= 0.3 is 6.18 Å². The molecule has 13 heteroatoms. The number of halogens is 5. The molecule has 1 N–H and O–H groups in total. The lowest BCUT2D eigenvalue weighted by molar-refractivity contribution is -0.384. The van der Waals surface area contributed by atoms with Crippen molar-refractivity contribution < 1.29 is 27.6 Å². The van der Waals surface area contributed by atoms with E-state index in [2.05, 4.69) is 26.2 Å². The minimum absolute atomic E-state index is 0.0489. The number of nitro benzene ring substituents is 1. The molecule has 4 aromatic rings. The van der Waals surface area contributed by atoms with E-state index in [4.69, 9.17) is 16.3 Å². The number of hydrogen-bond donors (Lipinski definition) is 1. The van der Waals surface area contributed by atoms with Gasteiger partial charge in [0.25, 0.3) is 11.6 Å². The third-order valence-corrected chi connectivity index (χ3v) is 5.81. The van der Waals surface area contributed by atoms with Crippen molar-refractivity contribution in [2.24, 2.45) is 0 Å². The molecule has 0 bridgehead atoms. The van der Waals surface area contributed by atoms with E-state index < -0.39 is 22.6 Å². The molecule has 0 saturated heterocycles. The first-order valence-electron chi connectivity index (χ1n) is 9.96. The maximum atomic E-state index is 12.9. The Labute approximate surface area is 214 Å². The number of carbonyl (C=O) groups is 1. The van der Waals surface area contributed by atoms with Crippen molar-refractivity contribution in [3.8, 4) is 17.3 Å². The Morgan fingerprint density at radius 1 is 1.14 bits per heavy atom. The highest BCUT2D eigenvalue weighted by Crippen LogP contribution is 2.37. The van der Waals surface area contributed by atoms with Gasteiger partial charge in [-0.3, -0.25) is 14.9 Å². The highest BCUT2D eigenvalue weighted by molar-refractivity contribution is 9.10. The molecular formula is C23H13BrClF3N4O4. The van der Waals surface area contributed by atoms with E-state index in [9.17, 15) is 28.1 Å². The average Bonchev–Trinajstić information content (AvgIpc) is 3.35. The summed E-state index contributed by atoms with van der Waals surface area (Å²) >= 11 is 9.19. The lowest BCUT2D eigenvalue weighted by Crippen LogP contribution is -2.13. The number of hydrogen-bond acceptors (Lipinski definition) is 5. The van der Waals surface area contributed by atoms with E-state index in [1.165, 1.54) is 24.3 Å². The second-order valence-electron chi connectivity index (χ2n) is 7.26. The minimum atomic E-state index is -4.61. The minimum Gasteiger partial charge on any atom is -0.435 e. The summed E-state index contributed by atoms with van der Waals surface area (Å²) in [7, 11) is 0. The summed E-state index contributed by atoms with van der Waals surface area (Å²) in [6, 6.07) is 12.5. The second kappa shape index (κ2) is 9.99. The Bertz CT molecular complexity index is 1460. The van der Waals surface area contributed by atoms with Crippen LogP contribution in [0.1, 0.15) is 15.9 Å². The van der Waals surface area contributed by atoms with E-state index in [1.807, 2.05) is 0 Å². The second-order valence-corrected chi connectivity index (χ2v) is 8.52. The topological polar surface area (TPSA) is 99.3 Å². The Morgan fingerprint density at radius 3 is 2.50 bits per heavy atom. The number of pyridine rings is 1. The predicted molar refractivity (Wildman–Crippen MR) is 129 cm³/mol. The fraction of sp³-hybridized carbons (Fsp3) is 0.0435. The normalized spacial score (nSPS) is 11.2. The molecule has 1 amide bonds. The molecule has 0 saturated carbocycles. The van der Waals surface area contributed by atoms with Crippen molar-refractivity contribution in [3.63, 3.8) is 0 Å². The third kappa shape index (κ3) is 5.50. The van der Waals surface area contributed by atoms with Crippen molar-refractivity contribution in [1.82, 2.24) is 9.55 Å². The first-order valence-corrected chi connectivity index (χ1v) is 11.1. The van der Waals surface area contributed by atoms with Crippen LogP contribution in [0.3, 0.4) is 0 Å². The van der Waals surface area contributed by atoms with Crippen LogP contribution < -0.4 is 10.1 Å². The van der Waals surface area contributed by atoms with Crippen LogP contribution in [-0.4, -0.2) is 20.4 Å². The number of aromatic nitrogens is 2. The smallest absolute Gasteiger partial charge is 0.417 e. The summed E-state index contributed by atoms with van der Waals surface area (Å²) in [6.07, 6.45) is -0.624. The highest BCUT2D eigenvalue weighted by Gasteiger charge is 2.32. The number of rotatable bonds is 6. The number of nitro groups is 1. The van der Waals surface area contributed by atoms with Crippen LogP contribution in [0.15, 0.2) is 77.7 Å². The van der Waals surface area contributed by atoms with E-state index >= 15 is 0 Å². The molecule has 2 heterocycles. The molecule has 0 spiro atoms. The van der Waals surface area contributed by atoms with Crippen LogP contribution in [-0.2, 0) is 6.18 Å². The van der Waals surface area contributed by atoms with Crippen molar-refractivity contribution >= 4 is 44.8 Å². The maximum Gasteiger partial charge on any atom is 0.417 e. The van der Waals surface area contributed by atoms with Crippen molar-refractivity contribution in [3.05, 3.63) is 104 Å². The van der Waals surface area contributed by atoms with E-state index in [0.29, 0.717) is 28.1 Å². The first-order chi connectivity index (χ1) is 17.0. The van der Waals surface area contributed by atoms with E-state index in [0.717, 1.165) is 6.07 Å². The molecule has 0 atom stereocenters. The van der Waals surface area contributed by atoms with Crippen LogP contribution >= 0.6 is 27.5 Å². The monoisotopic (exact) mass is 580 g/mol. The third-order valence-electron chi connectivity index (χ3n) is 4.85. The number of benzene rings is 2. The zero-order chi connectivity index (χ0) is 26.0. The number of nitrogens with zero attached hydrogens (tertiary/aromatic N) is 3. The largest absolute Gasteiger partial charge is 0.435 e. The Hall–Kier alpha value is -3.90. The van der Waals surface area contributed by atoms with Gasteiger partial charge < -0.3 is 14.6 Å². The molecular weight excluding hydrogens is 569 g/mol. The number of alkyl halides is 3. The molecule has 0 unspecified atom stereocenters. The molecule has 0 aliphatic carbocycles. The fourth-order valence-electron chi connectivity index (χ4n) is 3.14. The number of non-ortho nitro benzene ring substituents is 1. The quantitative estimate of drug-likeness (QED) is 0.191. The summed E-state index contributed by atoms with van der Waals surface area (Å²) in [5.74, 6) is -0.657. The number of anilines is 1. The van der Waals surface area contributed by atoms with Crippen LogP contribution in [0.25, 0.3) is 5.69 Å². The van der Waals surface area contributed by atoms with Gasteiger partial charge in [0.1, 0.15) is 5.02 Å². The molecule has 2 aromatic carbocycles. The predicted octanol–water partition coefficient (Wildman–Crippen LogP) is 7.26. The van der Waals surface area contributed by atoms with Crippen molar-refractivity contribution in [2.45, 2.75) is 6.18 Å². The molecule has 184 valence electrons. The zero-order valence-electron chi connectivity index (χ0n) is 17.8. The lowest BCUT2D eigenvalue weighted by Gasteiger charge is -2.15. The van der Waals surface area contributed by atoms with Gasteiger partial charge in [-0.05, 0) is 58.4 Å². The van der Waals surface area contributed by atoms with Gasteiger partial charge in [-0.1, -0.05) is 11.6 Å². The van der Waals surface area contributed by atoms with Gasteiger partial charge in [-0.25, -0.2) is 4.98 Å². The van der Waals surface area contributed by atoms with Crippen molar-refractivity contribution in [1.29, 1.82) is 0 Å². The van der Waals surface area contributed by atoms with Crippen LogP contribution in [0.4, 0.5) is 24.5 Å². The van der Waals surface area contributed by atoms with E-state index in [1.54, 1.807) is 35.2 Å². The number of amides is 1. The molecule has 0 fully saturated rings. The number of nitrogens with one attached hydrogen (secondary N) is 1. The van der Waals surface area contributed by atoms with Gasteiger partial charge in [0, 0.05) is 40.9 Å². The van der Waals surface area contributed by atoms with Gasteiger partial charge in [-0.2, -0.15) is 13.2 Å². The fourth-order valence-corrected chi connectivity index (χ4v) is 3.77. The summed E-state index contributed by atoms with van der Waals surface area (Å²) in [5.41, 5.74) is -0.487. The van der Waals surface area contributed by atoms with Gasteiger partial charge in [0.05, 0.1) is 21.7 Å². The Kier molecular flexibility index (Phi) is 7.00. The highest BCUT2D eigenvalue weighted by atomic mass is 79.9. The number of carbonyl (C=O) groups excluding carboxylic acids is 1. The molecule has 0 radical (unpaired) electrons. The lowest BCUT2D eigenvalue weighted by atomic mass is 10.1.